The maximum atomic E-state index is 12.7. The lowest BCUT2D eigenvalue weighted by atomic mass is 9.96. The Morgan fingerprint density at radius 2 is 1.55 bits per heavy atom. The van der Waals surface area contributed by atoms with Gasteiger partial charge in [0, 0.05) is 0 Å². The molecule has 0 radical (unpaired) electrons. The van der Waals surface area contributed by atoms with Crippen molar-refractivity contribution < 1.29 is 23.5 Å². The van der Waals surface area contributed by atoms with Crippen molar-refractivity contribution in [1.82, 2.24) is 0 Å². The van der Waals surface area contributed by atoms with Gasteiger partial charge in [0.05, 0.1) is 30.4 Å². The number of aliphatic hydroxyl groups excluding tert-OH is 1. The monoisotopic (exact) mass is 306 g/mol. The van der Waals surface area contributed by atoms with Gasteiger partial charge in [0.25, 0.3) is 0 Å². The third kappa shape index (κ3) is 6.80. The zero-order valence-electron chi connectivity index (χ0n) is 13.3. The minimum Gasteiger partial charge on any atom is -0.388 e. The molecule has 0 aromatic heterocycles. The van der Waals surface area contributed by atoms with Gasteiger partial charge < -0.3 is 14.2 Å². The molecule has 2 atom stereocenters. The van der Waals surface area contributed by atoms with E-state index in [1.165, 1.54) is 6.92 Å². The topological polar surface area (TPSA) is 72.8 Å². The molecule has 0 heterocycles. The van der Waals surface area contributed by atoms with E-state index in [1.807, 2.05) is 0 Å². The zero-order chi connectivity index (χ0) is 16.1. The number of hydrogen-bond donors (Lipinski definition) is 1. The number of rotatable bonds is 9. The van der Waals surface area contributed by atoms with Gasteiger partial charge in [0.15, 0.2) is 0 Å². The zero-order valence-corrected chi connectivity index (χ0v) is 14.1. The molecule has 0 aromatic rings. The molecule has 0 aliphatic rings. The van der Waals surface area contributed by atoms with E-state index in [0.29, 0.717) is 5.57 Å². The van der Waals surface area contributed by atoms with Crippen molar-refractivity contribution in [3.8, 4) is 0 Å². The first-order valence-corrected chi connectivity index (χ1v) is 8.51. The third-order valence-electron chi connectivity index (χ3n) is 2.57. The van der Waals surface area contributed by atoms with E-state index in [2.05, 4.69) is 6.58 Å². The van der Waals surface area contributed by atoms with Gasteiger partial charge in [-0.05, 0) is 41.5 Å². The number of carbonyl (C=O) groups is 1. The molecule has 0 aromatic carbocycles. The van der Waals surface area contributed by atoms with Crippen LogP contribution < -0.4 is 0 Å². The summed E-state index contributed by atoms with van der Waals surface area (Å²) < 4.78 is 23.5. The summed E-state index contributed by atoms with van der Waals surface area (Å²) in [6.07, 6.45) is -1.79. The number of carbonyl (C=O) groups excluding carboxylic acids is 1. The molecule has 0 rings (SSSR count). The fraction of sp³-hybridized carbons (Fsp3) is 0.786. The number of Topliss-reactive ketones (excluding diaryl/α,β-unsaturated/α-hetero) is 1. The number of ketones is 1. The molecule has 0 saturated carbocycles. The molecule has 0 aliphatic carbocycles. The van der Waals surface area contributed by atoms with Crippen molar-refractivity contribution in [2.24, 2.45) is 5.92 Å². The minimum atomic E-state index is -3.46. The molecule has 0 amide bonds. The van der Waals surface area contributed by atoms with Crippen molar-refractivity contribution in [3.05, 3.63) is 12.2 Å². The first-order valence-electron chi connectivity index (χ1n) is 6.78. The van der Waals surface area contributed by atoms with E-state index < -0.39 is 19.6 Å². The van der Waals surface area contributed by atoms with Gasteiger partial charge in [0.2, 0.25) is 0 Å². The van der Waals surface area contributed by atoms with E-state index in [0.717, 1.165) is 0 Å². The van der Waals surface area contributed by atoms with Crippen LogP contribution in [0.1, 0.15) is 41.5 Å². The highest BCUT2D eigenvalue weighted by Gasteiger charge is 2.37. The van der Waals surface area contributed by atoms with Gasteiger partial charge in [-0.2, -0.15) is 0 Å². The molecule has 118 valence electrons. The summed E-state index contributed by atoms with van der Waals surface area (Å²) in [5.41, 5.74) is 0.450. The standard InChI is InChI=1S/C14H27O5P/c1-9(2)14(16)13(12(7)15)8-20(17,18-10(3)4)19-11(5)6/h10-11,13-14,16H,1,8H2,2-7H3/t13-,14+/m0/s1. The second kappa shape index (κ2) is 8.08. The molecule has 1 N–H and O–H groups in total. The maximum absolute atomic E-state index is 12.7. The molecule has 0 fully saturated rings. The summed E-state index contributed by atoms with van der Waals surface area (Å²) in [4.78, 5) is 11.7. The van der Waals surface area contributed by atoms with Gasteiger partial charge in [-0.25, -0.2) is 0 Å². The second-order valence-corrected chi connectivity index (χ2v) is 7.62. The van der Waals surface area contributed by atoms with E-state index in [-0.39, 0.29) is 24.2 Å². The Kier molecular flexibility index (Phi) is 7.89. The lowest BCUT2D eigenvalue weighted by Gasteiger charge is -2.28. The molecular weight excluding hydrogens is 279 g/mol. The molecule has 0 bridgehead atoms. The number of hydrogen-bond acceptors (Lipinski definition) is 5. The van der Waals surface area contributed by atoms with Gasteiger partial charge in [-0.15, -0.1) is 0 Å². The van der Waals surface area contributed by atoms with Crippen molar-refractivity contribution in [3.63, 3.8) is 0 Å². The first kappa shape index (κ1) is 19.5. The Bertz CT molecular complexity index is 375. The fourth-order valence-corrected chi connectivity index (χ4v) is 4.23. The van der Waals surface area contributed by atoms with Gasteiger partial charge >= 0.3 is 7.60 Å². The van der Waals surface area contributed by atoms with Gasteiger partial charge in [-0.3, -0.25) is 9.36 Å². The highest BCUT2D eigenvalue weighted by molar-refractivity contribution is 7.53. The SMILES string of the molecule is C=C(C)[C@@H](O)[C@@H](CP(=O)(OC(C)C)OC(C)C)C(C)=O. The van der Waals surface area contributed by atoms with Crippen LogP contribution in [0, 0.1) is 5.92 Å². The van der Waals surface area contributed by atoms with Crippen LogP contribution >= 0.6 is 7.60 Å². The summed E-state index contributed by atoms with van der Waals surface area (Å²) >= 11 is 0. The molecule has 5 nitrogen and oxygen atoms in total. The molecule has 20 heavy (non-hydrogen) atoms. The number of aliphatic hydroxyl groups is 1. The molecule has 6 heteroatoms. The van der Waals surface area contributed by atoms with Crippen molar-refractivity contribution in [2.75, 3.05) is 6.16 Å². The van der Waals surface area contributed by atoms with Gasteiger partial charge in [0.1, 0.15) is 5.78 Å². The van der Waals surface area contributed by atoms with E-state index >= 15 is 0 Å². The van der Waals surface area contributed by atoms with Crippen LogP contribution in [0.2, 0.25) is 0 Å². The largest absolute Gasteiger partial charge is 0.388 e. The highest BCUT2D eigenvalue weighted by Crippen LogP contribution is 2.52. The average molecular weight is 306 g/mol. The summed E-state index contributed by atoms with van der Waals surface area (Å²) in [6, 6.07) is 0. The van der Waals surface area contributed by atoms with E-state index in [4.69, 9.17) is 9.05 Å². The summed E-state index contributed by atoms with van der Waals surface area (Å²) in [5.74, 6) is -1.10. The Labute approximate surface area is 121 Å². The Morgan fingerprint density at radius 3 is 1.80 bits per heavy atom. The van der Waals surface area contributed by atoms with Crippen LogP contribution in [0.5, 0.6) is 0 Å². The maximum Gasteiger partial charge on any atom is 0.332 e. The normalized spacial score (nSPS) is 15.4. The average Bonchev–Trinajstić information content (AvgIpc) is 2.21. The fourth-order valence-electron chi connectivity index (χ4n) is 1.79. The van der Waals surface area contributed by atoms with Crippen molar-refractivity contribution in [1.29, 1.82) is 0 Å². The summed E-state index contributed by atoms with van der Waals surface area (Å²) in [6.45, 7) is 13.6. The molecule has 0 saturated heterocycles. The van der Waals surface area contributed by atoms with Crippen LogP contribution in [0.15, 0.2) is 12.2 Å². The second-order valence-electron chi connectivity index (χ2n) is 5.61. The highest BCUT2D eigenvalue weighted by atomic mass is 31.2. The van der Waals surface area contributed by atoms with Crippen LogP contribution in [0.3, 0.4) is 0 Å². The Morgan fingerprint density at radius 1 is 1.15 bits per heavy atom. The van der Waals surface area contributed by atoms with Crippen LogP contribution in [-0.4, -0.2) is 35.4 Å². The predicted molar refractivity (Wildman–Crippen MR) is 79.9 cm³/mol. The first-order chi connectivity index (χ1) is 8.98. The predicted octanol–water partition coefficient (Wildman–Crippen LogP) is 3.17. The molecule has 0 spiro atoms. The molecule has 0 aliphatic heterocycles. The van der Waals surface area contributed by atoms with Crippen LogP contribution in [0.4, 0.5) is 0 Å². The van der Waals surface area contributed by atoms with E-state index in [9.17, 15) is 14.5 Å². The molecule has 0 unspecified atom stereocenters. The van der Waals surface area contributed by atoms with Crippen molar-refractivity contribution in [2.45, 2.75) is 59.9 Å². The van der Waals surface area contributed by atoms with Crippen LogP contribution in [0.25, 0.3) is 0 Å². The Hall–Kier alpha value is -0.480. The van der Waals surface area contributed by atoms with Gasteiger partial charge in [-0.1, -0.05) is 12.2 Å². The van der Waals surface area contributed by atoms with Crippen molar-refractivity contribution >= 4 is 13.4 Å². The lowest BCUT2D eigenvalue weighted by Crippen LogP contribution is -2.31. The smallest absolute Gasteiger partial charge is 0.332 e. The third-order valence-corrected chi connectivity index (χ3v) is 4.90. The summed E-state index contributed by atoms with van der Waals surface area (Å²) in [7, 11) is -3.46. The summed E-state index contributed by atoms with van der Waals surface area (Å²) in [5, 5.41) is 10.0. The minimum absolute atomic E-state index is 0.146. The lowest BCUT2D eigenvalue weighted by molar-refractivity contribution is -0.122. The molecular formula is C14H27O5P. The Balaban J connectivity index is 5.23. The van der Waals surface area contributed by atoms with E-state index in [1.54, 1.807) is 34.6 Å². The quantitative estimate of drug-likeness (QED) is 0.523. The van der Waals surface area contributed by atoms with Crippen LogP contribution in [-0.2, 0) is 18.4 Å².